The summed E-state index contributed by atoms with van der Waals surface area (Å²) in [5.41, 5.74) is 11.9. The fourth-order valence-corrected chi connectivity index (χ4v) is 0.378. The maximum absolute atomic E-state index is 10.7. The number of carbonyl (C=O) groups is 1. The van der Waals surface area contributed by atoms with Crippen molar-refractivity contribution in [2.75, 3.05) is 6.54 Å². The van der Waals surface area contributed by atoms with Crippen molar-refractivity contribution < 1.29 is 9.63 Å². The lowest BCUT2D eigenvalue weighted by molar-refractivity contribution is -0.149. The molecule has 0 aromatic heterocycles. The molecular formula is C4H9N5O2. The van der Waals surface area contributed by atoms with Crippen molar-refractivity contribution in [3.05, 3.63) is 10.4 Å². The molecular weight excluding hydrogens is 150 g/mol. The molecule has 0 aromatic carbocycles. The molecule has 0 heterocycles. The molecule has 0 bridgehead atoms. The van der Waals surface area contributed by atoms with Gasteiger partial charge in [0.25, 0.3) is 0 Å². The number of nitrogens with zero attached hydrogens (tertiary/aromatic N) is 3. The molecule has 0 aliphatic heterocycles. The molecule has 62 valence electrons. The predicted molar refractivity (Wildman–Crippen MR) is 36.9 cm³/mol. The second-order valence-electron chi connectivity index (χ2n) is 2.21. The highest BCUT2D eigenvalue weighted by Crippen LogP contribution is 2.01. The van der Waals surface area contributed by atoms with Gasteiger partial charge in [-0.25, -0.2) is 4.79 Å². The topological polar surface area (TPSA) is 127 Å². The van der Waals surface area contributed by atoms with Gasteiger partial charge < -0.3 is 10.6 Å². The zero-order valence-electron chi connectivity index (χ0n) is 6.02. The number of azide groups is 1. The lowest BCUT2D eigenvalue weighted by Gasteiger charge is -2.17. The van der Waals surface area contributed by atoms with Gasteiger partial charge in [0.1, 0.15) is 5.54 Å². The first-order chi connectivity index (χ1) is 5.04. The summed E-state index contributed by atoms with van der Waals surface area (Å²) >= 11 is 0. The van der Waals surface area contributed by atoms with Crippen molar-refractivity contribution in [2.45, 2.75) is 12.5 Å². The van der Waals surface area contributed by atoms with Crippen molar-refractivity contribution in [1.82, 2.24) is 0 Å². The van der Waals surface area contributed by atoms with Crippen LogP contribution in [0.3, 0.4) is 0 Å². The summed E-state index contributed by atoms with van der Waals surface area (Å²) in [6.45, 7) is 1.18. The molecule has 0 aromatic rings. The lowest BCUT2D eigenvalue weighted by Crippen LogP contribution is -2.49. The van der Waals surface area contributed by atoms with Crippen LogP contribution in [0.5, 0.6) is 0 Å². The maximum atomic E-state index is 10.7. The molecule has 7 nitrogen and oxygen atoms in total. The molecule has 4 N–H and O–H groups in total. The van der Waals surface area contributed by atoms with E-state index < -0.39 is 11.5 Å². The first kappa shape index (κ1) is 9.70. The van der Waals surface area contributed by atoms with Gasteiger partial charge in [0, 0.05) is 4.91 Å². The summed E-state index contributed by atoms with van der Waals surface area (Å²) in [6.07, 6.45) is 0. The SMILES string of the molecule is CC(N)(CN=[N+]=[N-])C(=O)ON. The van der Waals surface area contributed by atoms with Gasteiger partial charge in [-0.2, -0.15) is 5.90 Å². The summed E-state index contributed by atoms with van der Waals surface area (Å²) in [4.78, 5) is 17.0. The van der Waals surface area contributed by atoms with E-state index in [0.29, 0.717) is 0 Å². The minimum absolute atomic E-state index is 0.181. The Kier molecular flexibility index (Phi) is 3.32. The number of hydrogen-bond donors (Lipinski definition) is 2. The molecule has 11 heavy (non-hydrogen) atoms. The molecule has 1 atom stereocenters. The smallest absolute Gasteiger partial charge is 0.344 e. The van der Waals surface area contributed by atoms with Crippen LogP contribution < -0.4 is 11.6 Å². The van der Waals surface area contributed by atoms with Gasteiger partial charge in [-0.05, 0) is 12.5 Å². The van der Waals surface area contributed by atoms with E-state index in [-0.39, 0.29) is 6.54 Å². The number of nitrogens with two attached hydrogens (primary N) is 2. The number of rotatable bonds is 3. The summed E-state index contributed by atoms with van der Waals surface area (Å²) in [5.74, 6) is 3.75. The van der Waals surface area contributed by atoms with E-state index in [0.717, 1.165) is 0 Å². The largest absolute Gasteiger partial charge is 0.372 e. The minimum atomic E-state index is -1.35. The molecule has 0 aliphatic rings. The minimum Gasteiger partial charge on any atom is -0.372 e. The van der Waals surface area contributed by atoms with Crippen LogP contribution in [0.15, 0.2) is 5.11 Å². The van der Waals surface area contributed by atoms with Gasteiger partial charge in [0.2, 0.25) is 0 Å². The monoisotopic (exact) mass is 159 g/mol. The summed E-state index contributed by atoms with van der Waals surface area (Å²) in [6, 6.07) is 0. The molecule has 0 spiro atoms. The Labute approximate surface area is 62.9 Å². The van der Waals surface area contributed by atoms with Crippen LogP contribution in [0.1, 0.15) is 6.92 Å². The Morgan fingerprint density at radius 2 is 2.45 bits per heavy atom. The molecule has 0 saturated carbocycles. The second-order valence-corrected chi connectivity index (χ2v) is 2.21. The fourth-order valence-electron chi connectivity index (χ4n) is 0.378. The number of hydrogen-bond acceptors (Lipinski definition) is 5. The van der Waals surface area contributed by atoms with Crippen LogP contribution in [0.2, 0.25) is 0 Å². The Bertz CT molecular complexity index is 195. The molecule has 0 fully saturated rings. The van der Waals surface area contributed by atoms with E-state index >= 15 is 0 Å². The molecule has 0 rings (SSSR count). The highest BCUT2D eigenvalue weighted by Gasteiger charge is 2.28. The van der Waals surface area contributed by atoms with Crippen LogP contribution >= 0.6 is 0 Å². The lowest BCUT2D eigenvalue weighted by atomic mass is 10.1. The normalized spacial score (nSPS) is 14.5. The molecule has 0 saturated heterocycles. The van der Waals surface area contributed by atoms with Crippen molar-refractivity contribution >= 4 is 5.97 Å². The zero-order valence-corrected chi connectivity index (χ0v) is 6.02. The number of carbonyl (C=O) groups excluding carboxylic acids is 1. The highest BCUT2D eigenvalue weighted by atomic mass is 16.7. The quantitative estimate of drug-likeness (QED) is 0.247. The van der Waals surface area contributed by atoms with Gasteiger partial charge in [-0.1, -0.05) is 5.11 Å². The predicted octanol–water partition coefficient (Wildman–Crippen LogP) is -0.569. The molecule has 0 radical (unpaired) electrons. The Balaban J connectivity index is 4.20. The third kappa shape index (κ3) is 2.85. The Hall–Kier alpha value is -1.30. The van der Waals surface area contributed by atoms with Gasteiger partial charge in [-0.15, -0.1) is 0 Å². The molecule has 7 heteroatoms. The maximum Gasteiger partial charge on any atom is 0.344 e. The first-order valence-corrected chi connectivity index (χ1v) is 2.75. The van der Waals surface area contributed by atoms with Crippen LogP contribution in [0.25, 0.3) is 10.4 Å². The van der Waals surface area contributed by atoms with Crippen LogP contribution in [-0.4, -0.2) is 18.1 Å². The third-order valence-electron chi connectivity index (χ3n) is 1.04. The first-order valence-electron chi connectivity index (χ1n) is 2.75. The zero-order chi connectivity index (χ0) is 8.91. The van der Waals surface area contributed by atoms with Gasteiger partial charge in [0.05, 0.1) is 6.54 Å². The molecule has 0 amide bonds. The average molecular weight is 159 g/mol. The Morgan fingerprint density at radius 1 is 1.91 bits per heavy atom. The second kappa shape index (κ2) is 3.77. The Morgan fingerprint density at radius 3 is 2.82 bits per heavy atom. The average Bonchev–Trinajstić information content (AvgIpc) is 1.99. The van der Waals surface area contributed by atoms with E-state index in [1.54, 1.807) is 0 Å². The standard InChI is InChI=1S/C4H9N5O2/c1-4(5,2-8-9-6)3(10)11-7/h2,5,7H2,1H3. The van der Waals surface area contributed by atoms with Gasteiger partial charge >= 0.3 is 5.97 Å². The van der Waals surface area contributed by atoms with Crippen LogP contribution in [0, 0.1) is 0 Å². The van der Waals surface area contributed by atoms with E-state index in [4.69, 9.17) is 11.3 Å². The summed E-state index contributed by atoms with van der Waals surface area (Å²) < 4.78 is 0. The van der Waals surface area contributed by atoms with E-state index in [2.05, 4.69) is 20.8 Å². The van der Waals surface area contributed by atoms with Crippen molar-refractivity contribution in [3.8, 4) is 0 Å². The van der Waals surface area contributed by atoms with E-state index in [1.807, 2.05) is 0 Å². The van der Waals surface area contributed by atoms with Gasteiger partial charge in [-0.3, -0.25) is 0 Å². The van der Waals surface area contributed by atoms with Crippen molar-refractivity contribution in [1.29, 1.82) is 0 Å². The van der Waals surface area contributed by atoms with E-state index in [1.165, 1.54) is 6.92 Å². The van der Waals surface area contributed by atoms with Crippen molar-refractivity contribution in [3.63, 3.8) is 0 Å². The van der Waals surface area contributed by atoms with Gasteiger partial charge in [0.15, 0.2) is 0 Å². The van der Waals surface area contributed by atoms with Crippen molar-refractivity contribution in [2.24, 2.45) is 16.7 Å². The molecule has 0 aliphatic carbocycles. The summed E-state index contributed by atoms with van der Waals surface area (Å²) in [7, 11) is 0. The third-order valence-corrected chi connectivity index (χ3v) is 1.04. The molecule has 1 unspecified atom stereocenters. The highest BCUT2D eigenvalue weighted by molar-refractivity contribution is 5.80. The fraction of sp³-hybridized carbons (Fsp3) is 0.750. The van der Waals surface area contributed by atoms with E-state index in [9.17, 15) is 4.79 Å². The van der Waals surface area contributed by atoms with Crippen LogP contribution in [-0.2, 0) is 9.63 Å². The van der Waals surface area contributed by atoms with Crippen LogP contribution in [0.4, 0.5) is 0 Å². The summed E-state index contributed by atoms with van der Waals surface area (Å²) in [5, 5.41) is 3.11.